The minimum Gasteiger partial charge on any atom is -0.320 e. The highest BCUT2D eigenvalue weighted by atomic mass is 15.0. The van der Waals surface area contributed by atoms with Gasteiger partial charge in [-0.25, -0.2) is 0 Å². The number of benzene rings is 1. The standard InChI is InChI=1S/C11H12N2/c12-11(10-7-13-10)5-8-3-1-2-4-9(8)6-11/h1-4H,5-7,12H2. The second-order valence-electron chi connectivity index (χ2n) is 4.04. The molecule has 0 radical (unpaired) electrons. The second-order valence-corrected chi connectivity index (χ2v) is 4.04. The van der Waals surface area contributed by atoms with Gasteiger partial charge in [-0.3, -0.25) is 4.99 Å². The van der Waals surface area contributed by atoms with Gasteiger partial charge in [-0.2, -0.15) is 0 Å². The first kappa shape index (κ1) is 7.27. The predicted molar refractivity (Wildman–Crippen MR) is 53.1 cm³/mol. The summed E-state index contributed by atoms with van der Waals surface area (Å²) in [6.07, 6.45) is 1.95. The van der Waals surface area contributed by atoms with Crippen LogP contribution >= 0.6 is 0 Å². The van der Waals surface area contributed by atoms with Crippen molar-refractivity contribution in [3.8, 4) is 0 Å². The minimum absolute atomic E-state index is 0.135. The predicted octanol–water partition coefficient (Wildman–Crippen LogP) is 0.937. The number of hydrogen-bond acceptors (Lipinski definition) is 2. The summed E-state index contributed by atoms with van der Waals surface area (Å²) in [6.45, 7) is 0.893. The van der Waals surface area contributed by atoms with Crippen molar-refractivity contribution in [3.63, 3.8) is 0 Å². The highest BCUT2D eigenvalue weighted by Crippen LogP contribution is 2.31. The summed E-state index contributed by atoms with van der Waals surface area (Å²) >= 11 is 0. The van der Waals surface area contributed by atoms with E-state index in [9.17, 15) is 0 Å². The summed E-state index contributed by atoms with van der Waals surface area (Å²) in [7, 11) is 0. The van der Waals surface area contributed by atoms with Gasteiger partial charge in [0.05, 0.1) is 17.8 Å². The number of hydrogen-bond donors (Lipinski definition) is 1. The summed E-state index contributed by atoms with van der Waals surface area (Å²) in [6, 6.07) is 8.51. The Kier molecular flexibility index (Phi) is 1.23. The van der Waals surface area contributed by atoms with Crippen molar-refractivity contribution in [2.24, 2.45) is 10.7 Å². The number of fused-ring (bicyclic) bond motifs is 1. The highest BCUT2D eigenvalue weighted by molar-refractivity contribution is 6.05. The van der Waals surface area contributed by atoms with Gasteiger partial charge < -0.3 is 5.73 Å². The first-order valence-corrected chi connectivity index (χ1v) is 4.67. The lowest BCUT2D eigenvalue weighted by atomic mass is 9.94. The van der Waals surface area contributed by atoms with Crippen molar-refractivity contribution in [2.75, 3.05) is 6.54 Å². The van der Waals surface area contributed by atoms with Crippen LogP contribution < -0.4 is 5.73 Å². The first-order chi connectivity index (χ1) is 6.28. The van der Waals surface area contributed by atoms with Gasteiger partial charge in [0.25, 0.3) is 0 Å². The topological polar surface area (TPSA) is 38.4 Å². The van der Waals surface area contributed by atoms with Crippen LogP contribution in [-0.2, 0) is 12.8 Å². The maximum Gasteiger partial charge on any atom is 0.0788 e. The fourth-order valence-electron chi connectivity index (χ4n) is 2.20. The largest absolute Gasteiger partial charge is 0.320 e. The van der Waals surface area contributed by atoms with Crippen LogP contribution in [0.1, 0.15) is 11.1 Å². The van der Waals surface area contributed by atoms with Crippen LogP contribution in [0, 0.1) is 0 Å². The molecule has 0 atom stereocenters. The van der Waals surface area contributed by atoms with Gasteiger partial charge in [0.1, 0.15) is 0 Å². The van der Waals surface area contributed by atoms with Gasteiger partial charge in [-0.1, -0.05) is 24.3 Å². The van der Waals surface area contributed by atoms with E-state index >= 15 is 0 Å². The van der Waals surface area contributed by atoms with Crippen LogP contribution in [0.25, 0.3) is 0 Å². The molecule has 3 rings (SSSR count). The van der Waals surface area contributed by atoms with Crippen LogP contribution in [0.15, 0.2) is 29.3 Å². The van der Waals surface area contributed by atoms with E-state index in [1.54, 1.807) is 0 Å². The quantitative estimate of drug-likeness (QED) is 0.672. The zero-order valence-electron chi connectivity index (χ0n) is 7.46. The summed E-state index contributed by atoms with van der Waals surface area (Å²) in [5.41, 5.74) is 10.2. The molecule has 2 heteroatoms. The molecule has 1 heterocycles. The van der Waals surface area contributed by atoms with Gasteiger partial charge in [-0.15, -0.1) is 0 Å². The van der Waals surface area contributed by atoms with E-state index in [0.29, 0.717) is 0 Å². The van der Waals surface area contributed by atoms with Gasteiger partial charge in [0.2, 0.25) is 0 Å². The lowest BCUT2D eigenvalue weighted by molar-refractivity contribution is 0.611. The van der Waals surface area contributed by atoms with Crippen LogP contribution in [0.2, 0.25) is 0 Å². The molecule has 0 aromatic heterocycles. The third-order valence-electron chi connectivity index (χ3n) is 3.02. The smallest absolute Gasteiger partial charge is 0.0788 e. The van der Waals surface area contributed by atoms with Crippen molar-refractivity contribution in [1.82, 2.24) is 0 Å². The Hall–Kier alpha value is -1.15. The Bertz CT molecular complexity index is 368. The van der Waals surface area contributed by atoms with Crippen molar-refractivity contribution in [3.05, 3.63) is 35.4 Å². The van der Waals surface area contributed by atoms with Crippen molar-refractivity contribution in [1.29, 1.82) is 0 Å². The van der Waals surface area contributed by atoms with E-state index in [1.807, 2.05) is 0 Å². The Balaban J connectivity index is 2.00. The van der Waals surface area contributed by atoms with Crippen molar-refractivity contribution < 1.29 is 0 Å². The lowest BCUT2D eigenvalue weighted by Gasteiger charge is -2.17. The maximum atomic E-state index is 6.28. The molecule has 1 aliphatic heterocycles. The van der Waals surface area contributed by atoms with Crippen LogP contribution in [0.4, 0.5) is 0 Å². The van der Waals surface area contributed by atoms with Crippen molar-refractivity contribution >= 4 is 5.71 Å². The molecule has 0 saturated heterocycles. The van der Waals surface area contributed by atoms with Gasteiger partial charge in [0.15, 0.2) is 0 Å². The van der Waals surface area contributed by atoms with Crippen molar-refractivity contribution in [2.45, 2.75) is 18.4 Å². The van der Waals surface area contributed by atoms with E-state index < -0.39 is 0 Å². The van der Waals surface area contributed by atoms with E-state index in [-0.39, 0.29) is 5.54 Å². The zero-order valence-corrected chi connectivity index (χ0v) is 7.46. The zero-order chi connectivity index (χ0) is 8.89. The SMILES string of the molecule is NC1(C2=NC2)Cc2ccccc2C1. The molecule has 0 amide bonds. The Labute approximate surface area is 77.5 Å². The molecule has 2 N–H and O–H groups in total. The molecule has 0 bridgehead atoms. The van der Waals surface area contributed by atoms with E-state index in [1.165, 1.54) is 16.8 Å². The maximum absolute atomic E-state index is 6.28. The molecule has 2 nitrogen and oxygen atoms in total. The van der Waals surface area contributed by atoms with E-state index in [0.717, 1.165) is 19.4 Å². The van der Waals surface area contributed by atoms with Crippen LogP contribution in [-0.4, -0.2) is 17.8 Å². The molecule has 0 fully saturated rings. The fraction of sp³-hybridized carbons (Fsp3) is 0.364. The monoisotopic (exact) mass is 172 g/mol. The Morgan fingerprint density at radius 3 is 2.15 bits per heavy atom. The molecule has 0 unspecified atom stereocenters. The Morgan fingerprint density at radius 2 is 1.69 bits per heavy atom. The Morgan fingerprint density at radius 1 is 1.15 bits per heavy atom. The average Bonchev–Trinajstić information content (AvgIpc) is 2.88. The van der Waals surface area contributed by atoms with E-state index in [2.05, 4.69) is 29.3 Å². The first-order valence-electron chi connectivity index (χ1n) is 4.67. The summed E-state index contributed by atoms with van der Waals surface area (Å²) in [5.74, 6) is 0. The number of nitrogens with two attached hydrogens (primary N) is 1. The van der Waals surface area contributed by atoms with Gasteiger partial charge >= 0.3 is 0 Å². The molecular formula is C11H12N2. The summed E-state index contributed by atoms with van der Waals surface area (Å²) in [4.78, 5) is 4.23. The fourth-order valence-corrected chi connectivity index (χ4v) is 2.20. The molecule has 1 aromatic rings. The minimum atomic E-state index is -0.135. The van der Waals surface area contributed by atoms with E-state index in [4.69, 9.17) is 5.73 Å². The number of aliphatic imine (C=N–C) groups is 1. The number of rotatable bonds is 1. The number of nitrogens with zero attached hydrogens (tertiary/aromatic N) is 1. The second kappa shape index (κ2) is 2.20. The highest BCUT2D eigenvalue weighted by Gasteiger charge is 2.41. The molecule has 1 aliphatic carbocycles. The average molecular weight is 172 g/mol. The molecule has 0 spiro atoms. The van der Waals surface area contributed by atoms with Gasteiger partial charge in [-0.05, 0) is 24.0 Å². The lowest BCUT2D eigenvalue weighted by Crippen LogP contribution is -2.45. The summed E-state index contributed by atoms with van der Waals surface area (Å²) < 4.78 is 0. The molecule has 0 saturated carbocycles. The third kappa shape index (κ3) is 1.02. The van der Waals surface area contributed by atoms with Crippen LogP contribution in [0.3, 0.4) is 0 Å². The molecular weight excluding hydrogens is 160 g/mol. The third-order valence-corrected chi connectivity index (χ3v) is 3.02. The van der Waals surface area contributed by atoms with Gasteiger partial charge in [0, 0.05) is 0 Å². The van der Waals surface area contributed by atoms with Crippen LogP contribution in [0.5, 0.6) is 0 Å². The summed E-state index contributed by atoms with van der Waals surface area (Å²) in [5, 5.41) is 0. The molecule has 66 valence electrons. The normalized spacial score (nSPS) is 22.4. The molecule has 2 aliphatic rings. The molecule has 1 aromatic carbocycles. The molecule has 13 heavy (non-hydrogen) atoms.